The number of carbonyl (C=O) groups is 1. The first kappa shape index (κ1) is 21.7. The molecule has 158 valence electrons. The maximum Gasteiger partial charge on any atom is 0.416 e. The third kappa shape index (κ3) is 4.79. The van der Waals surface area contributed by atoms with Gasteiger partial charge in [-0.3, -0.25) is 0 Å². The Morgan fingerprint density at radius 1 is 1.17 bits per heavy atom. The molecule has 0 radical (unpaired) electrons. The van der Waals surface area contributed by atoms with Crippen molar-refractivity contribution in [1.82, 2.24) is 14.7 Å². The molecule has 2 unspecified atom stereocenters. The lowest BCUT2D eigenvalue weighted by Gasteiger charge is -2.35. The van der Waals surface area contributed by atoms with Crippen LogP contribution in [0.5, 0.6) is 11.6 Å². The van der Waals surface area contributed by atoms with Gasteiger partial charge in [0.05, 0.1) is 33.5 Å². The minimum absolute atomic E-state index is 0.0197. The van der Waals surface area contributed by atoms with Gasteiger partial charge in [-0.2, -0.15) is 17.9 Å². The SMILES string of the molecule is Cc1cc(Oc2c(Cl)cc(C(F)(F)F)cc2Cl)nn1C(=O)N1CC(C)OC(C)C1. The first-order valence-electron chi connectivity index (χ1n) is 8.71. The molecule has 1 amide bonds. The first-order valence-corrected chi connectivity index (χ1v) is 9.46. The Labute approximate surface area is 175 Å². The zero-order valence-electron chi connectivity index (χ0n) is 15.8. The molecule has 3 rings (SSSR count). The van der Waals surface area contributed by atoms with E-state index in [4.69, 9.17) is 32.7 Å². The lowest BCUT2D eigenvalue weighted by Crippen LogP contribution is -2.49. The number of ether oxygens (including phenoxy) is 2. The largest absolute Gasteiger partial charge is 0.434 e. The molecule has 2 aromatic rings. The predicted octanol–water partition coefficient (Wildman–Crippen LogP) is 5.39. The van der Waals surface area contributed by atoms with Crippen LogP contribution in [0.2, 0.25) is 10.0 Å². The highest BCUT2D eigenvalue weighted by atomic mass is 35.5. The van der Waals surface area contributed by atoms with Gasteiger partial charge in [-0.25, -0.2) is 4.79 Å². The summed E-state index contributed by atoms with van der Waals surface area (Å²) >= 11 is 11.8. The lowest BCUT2D eigenvalue weighted by atomic mass is 10.2. The van der Waals surface area contributed by atoms with Gasteiger partial charge in [0.25, 0.3) is 0 Å². The summed E-state index contributed by atoms with van der Waals surface area (Å²) in [5.41, 5.74) is -0.511. The zero-order chi connectivity index (χ0) is 21.5. The molecule has 0 aliphatic carbocycles. The van der Waals surface area contributed by atoms with Crippen molar-refractivity contribution in [2.75, 3.05) is 13.1 Å². The molecule has 1 aromatic heterocycles. The number of hydrogen-bond acceptors (Lipinski definition) is 4. The van der Waals surface area contributed by atoms with E-state index in [1.165, 1.54) is 6.07 Å². The lowest BCUT2D eigenvalue weighted by molar-refractivity contribution is -0.137. The van der Waals surface area contributed by atoms with Crippen molar-refractivity contribution < 1.29 is 27.4 Å². The van der Waals surface area contributed by atoms with Gasteiger partial charge in [0, 0.05) is 19.2 Å². The van der Waals surface area contributed by atoms with Crippen molar-refractivity contribution in [1.29, 1.82) is 0 Å². The maximum absolute atomic E-state index is 12.9. The van der Waals surface area contributed by atoms with E-state index < -0.39 is 11.7 Å². The van der Waals surface area contributed by atoms with Crippen molar-refractivity contribution in [3.8, 4) is 11.6 Å². The Bertz CT molecular complexity index is 900. The van der Waals surface area contributed by atoms with Gasteiger partial charge in [0.2, 0.25) is 5.88 Å². The average molecular weight is 452 g/mol. The smallest absolute Gasteiger partial charge is 0.416 e. The number of halogens is 5. The molecule has 2 atom stereocenters. The number of amides is 1. The molecular formula is C18H18Cl2F3N3O3. The number of alkyl halides is 3. The van der Waals surface area contributed by atoms with E-state index in [2.05, 4.69) is 5.10 Å². The Kier molecular flexibility index (Phi) is 6.03. The second kappa shape index (κ2) is 8.04. The number of carbonyl (C=O) groups excluding carboxylic acids is 1. The molecule has 1 aliphatic heterocycles. The minimum Gasteiger partial charge on any atom is -0.434 e. The van der Waals surface area contributed by atoms with Crippen LogP contribution in [0.15, 0.2) is 18.2 Å². The summed E-state index contributed by atoms with van der Waals surface area (Å²) in [7, 11) is 0. The van der Waals surface area contributed by atoms with E-state index in [0.717, 1.165) is 4.68 Å². The van der Waals surface area contributed by atoms with Crippen LogP contribution < -0.4 is 4.74 Å². The van der Waals surface area contributed by atoms with Gasteiger partial charge >= 0.3 is 12.2 Å². The summed E-state index contributed by atoms with van der Waals surface area (Å²) in [4.78, 5) is 14.4. The summed E-state index contributed by atoms with van der Waals surface area (Å²) in [6.07, 6.45) is -4.82. The Balaban J connectivity index is 1.83. The second-order valence-electron chi connectivity index (χ2n) is 6.85. The summed E-state index contributed by atoms with van der Waals surface area (Å²) in [5.74, 6) is -0.194. The number of benzene rings is 1. The molecule has 0 spiro atoms. The maximum atomic E-state index is 12.9. The fourth-order valence-corrected chi connectivity index (χ4v) is 3.65. The monoisotopic (exact) mass is 451 g/mol. The van der Waals surface area contributed by atoms with E-state index in [1.54, 1.807) is 11.8 Å². The van der Waals surface area contributed by atoms with Gasteiger partial charge in [0.15, 0.2) is 5.75 Å². The molecule has 11 heteroatoms. The number of rotatable bonds is 2. The van der Waals surface area contributed by atoms with Crippen LogP contribution >= 0.6 is 23.2 Å². The Morgan fingerprint density at radius 2 is 1.72 bits per heavy atom. The molecule has 1 fully saturated rings. The first-order chi connectivity index (χ1) is 13.5. The molecule has 2 heterocycles. The standard InChI is InChI=1S/C18H18Cl2F3N3O3/c1-9-4-15(24-26(9)17(27)25-7-10(2)28-11(3)8-25)29-16-13(19)5-12(6-14(16)20)18(21,22)23/h4-6,10-11H,7-8H2,1-3H3. The molecule has 6 nitrogen and oxygen atoms in total. The van der Waals surface area contributed by atoms with E-state index in [0.29, 0.717) is 30.9 Å². The second-order valence-corrected chi connectivity index (χ2v) is 7.66. The summed E-state index contributed by atoms with van der Waals surface area (Å²) in [5, 5.41) is 3.47. The van der Waals surface area contributed by atoms with Crippen LogP contribution in [-0.4, -0.2) is 46.0 Å². The highest BCUT2D eigenvalue weighted by molar-refractivity contribution is 6.37. The van der Waals surface area contributed by atoms with Gasteiger partial charge < -0.3 is 14.4 Å². The normalized spacial score (nSPS) is 20.1. The van der Waals surface area contributed by atoms with Crippen molar-refractivity contribution >= 4 is 29.2 Å². The van der Waals surface area contributed by atoms with Crippen LogP contribution in [-0.2, 0) is 10.9 Å². The van der Waals surface area contributed by atoms with Crippen LogP contribution in [0.4, 0.5) is 18.0 Å². The van der Waals surface area contributed by atoms with Crippen molar-refractivity contribution in [2.45, 2.75) is 39.2 Å². The van der Waals surface area contributed by atoms with Crippen molar-refractivity contribution in [2.24, 2.45) is 0 Å². The third-order valence-electron chi connectivity index (χ3n) is 4.27. The van der Waals surface area contributed by atoms with Gasteiger partial charge in [-0.1, -0.05) is 23.2 Å². The van der Waals surface area contributed by atoms with E-state index >= 15 is 0 Å². The number of morpholine rings is 1. The summed E-state index contributed by atoms with van der Waals surface area (Å²) in [6.45, 7) is 6.22. The van der Waals surface area contributed by atoms with Gasteiger partial charge in [-0.15, -0.1) is 5.10 Å². The van der Waals surface area contributed by atoms with Crippen molar-refractivity contribution in [3.05, 3.63) is 39.5 Å². The van der Waals surface area contributed by atoms with E-state index in [-0.39, 0.29) is 39.9 Å². The highest BCUT2D eigenvalue weighted by Crippen LogP contribution is 2.41. The average Bonchev–Trinajstić information content (AvgIpc) is 2.96. The molecule has 0 bridgehead atoms. The molecule has 1 aliphatic rings. The molecule has 0 N–H and O–H groups in total. The number of nitrogens with zero attached hydrogens (tertiary/aromatic N) is 3. The molecule has 29 heavy (non-hydrogen) atoms. The molecule has 1 saturated heterocycles. The summed E-state index contributed by atoms with van der Waals surface area (Å²) < 4.78 is 50.8. The van der Waals surface area contributed by atoms with Gasteiger partial charge in [0.1, 0.15) is 0 Å². The highest BCUT2D eigenvalue weighted by Gasteiger charge is 2.33. The minimum atomic E-state index is -4.59. The fraction of sp³-hybridized carbons (Fsp3) is 0.444. The summed E-state index contributed by atoms with van der Waals surface area (Å²) in [6, 6.07) is 2.54. The molecule has 0 saturated carbocycles. The fourth-order valence-electron chi connectivity index (χ4n) is 3.08. The number of aryl methyl sites for hydroxylation is 1. The van der Waals surface area contributed by atoms with Crippen LogP contribution in [0.3, 0.4) is 0 Å². The quantitative estimate of drug-likeness (QED) is 0.614. The zero-order valence-corrected chi connectivity index (χ0v) is 17.3. The predicted molar refractivity (Wildman–Crippen MR) is 101 cm³/mol. The van der Waals surface area contributed by atoms with Crippen LogP contribution in [0.1, 0.15) is 25.1 Å². The van der Waals surface area contributed by atoms with Gasteiger partial charge in [-0.05, 0) is 32.9 Å². The van der Waals surface area contributed by atoms with Crippen LogP contribution in [0, 0.1) is 6.92 Å². The van der Waals surface area contributed by atoms with Crippen LogP contribution in [0.25, 0.3) is 0 Å². The number of hydrogen-bond donors (Lipinski definition) is 0. The third-order valence-corrected chi connectivity index (χ3v) is 4.83. The topological polar surface area (TPSA) is 56.6 Å². The molecule has 1 aromatic carbocycles. The Morgan fingerprint density at radius 3 is 2.24 bits per heavy atom. The Hall–Kier alpha value is -1.97. The van der Waals surface area contributed by atoms with Crippen molar-refractivity contribution in [3.63, 3.8) is 0 Å². The van der Waals surface area contributed by atoms with E-state index in [9.17, 15) is 18.0 Å². The molecular weight excluding hydrogens is 434 g/mol. The number of aromatic nitrogens is 2. The van der Waals surface area contributed by atoms with E-state index in [1.807, 2.05) is 13.8 Å².